The number of nitrogens with one attached hydrogen (secondary N) is 1. The van der Waals surface area contributed by atoms with Gasteiger partial charge in [-0.2, -0.15) is 0 Å². The van der Waals surface area contributed by atoms with Crippen LogP contribution in [0.3, 0.4) is 0 Å². The molecule has 0 saturated carbocycles. The van der Waals surface area contributed by atoms with Gasteiger partial charge in [0.15, 0.2) is 6.61 Å². The van der Waals surface area contributed by atoms with Gasteiger partial charge in [-0.05, 0) is 31.0 Å². The summed E-state index contributed by atoms with van der Waals surface area (Å²) >= 11 is 0. The maximum atomic E-state index is 12.0. The Morgan fingerprint density at radius 2 is 2.04 bits per heavy atom. The van der Waals surface area contributed by atoms with Gasteiger partial charge in [-0.25, -0.2) is 8.42 Å². The fourth-order valence-corrected chi connectivity index (χ4v) is 3.88. The van der Waals surface area contributed by atoms with Gasteiger partial charge in [-0.15, -0.1) is 0 Å². The Bertz CT molecular complexity index is 743. The second-order valence-electron chi connectivity index (χ2n) is 6.05. The monoisotopic (exact) mass is 354 g/mol. The number of amides is 1. The van der Waals surface area contributed by atoms with Gasteiger partial charge < -0.3 is 10.1 Å². The lowest BCUT2D eigenvalue weighted by atomic mass is 10.1. The molecule has 7 nitrogen and oxygen atoms in total. The third kappa shape index (κ3) is 4.25. The van der Waals surface area contributed by atoms with Gasteiger partial charge in [-0.3, -0.25) is 13.9 Å². The third-order valence-corrected chi connectivity index (χ3v) is 5.57. The topological polar surface area (TPSA) is 92.8 Å². The maximum Gasteiger partial charge on any atom is 0.308 e. The smallest absolute Gasteiger partial charge is 0.308 e. The van der Waals surface area contributed by atoms with E-state index in [1.54, 1.807) is 39.0 Å². The quantitative estimate of drug-likeness (QED) is 0.812. The Labute approximate surface area is 142 Å². The number of ether oxygens (including phenoxy) is 1. The van der Waals surface area contributed by atoms with Crippen molar-refractivity contribution in [3.05, 3.63) is 23.8 Å². The van der Waals surface area contributed by atoms with Crippen molar-refractivity contribution in [1.82, 2.24) is 0 Å². The van der Waals surface area contributed by atoms with E-state index in [0.717, 1.165) is 5.56 Å². The number of aryl methyl sites for hydroxylation is 1. The molecule has 8 heteroatoms. The van der Waals surface area contributed by atoms with E-state index in [2.05, 4.69) is 5.32 Å². The number of hydrogen-bond donors (Lipinski definition) is 1. The molecule has 2 rings (SSSR count). The van der Waals surface area contributed by atoms with Crippen LogP contribution in [-0.4, -0.2) is 39.2 Å². The van der Waals surface area contributed by atoms with Crippen LogP contribution in [0.15, 0.2) is 18.2 Å². The first kappa shape index (κ1) is 18.3. The summed E-state index contributed by atoms with van der Waals surface area (Å²) < 4.78 is 30.2. The maximum absolute atomic E-state index is 12.0. The van der Waals surface area contributed by atoms with Gasteiger partial charge in [0.25, 0.3) is 5.91 Å². The number of anilines is 2. The molecule has 0 bridgehead atoms. The molecule has 132 valence electrons. The zero-order chi connectivity index (χ0) is 17.9. The Hall–Kier alpha value is -2.09. The molecule has 24 heavy (non-hydrogen) atoms. The molecule has 0 radical (unpaired) electrons. The van der Waals surface area contributed by atoms with Crippen molar-refractivity contribution in [3.8, 4) is 0 Å². The highest BCUT2D eigenvalue weighted by Crippen LogP contribution is 2.28. The summed E-state index contributed by atoms with van der Waals surface area (Å²) in [5.41, 5.74) is 1.81. The summed E-state index contributed by atoms with van der Waals surface area (Å²) in [6, 6.07) is 5.09. The summed E-state index contributed by atoms with van der Waals surface area (Å²) in [6.07, 6.45) is 0.586. The molecular weight excluding hydrogens is 332 g/mol. The summed E-state index contributed by atoms with van der Waals surface area (Å²) in [5, 5.41) is 2.66. The number of benzene rings is 1. The summed E-state index contributed by atoms with van der Waals surface area (Å²) in [7, 11) is -3.28. The molecule has 1 saturated heterocycles. The molecule has 0 spiro atoms. The van der Waals surface area contributed by atoms with Crippen LogP contribution in [0.5, 0.6) is 0 Å². The molecule has 1 heterocycles. The van der Waals surface area contributed by atoms with Crippen LogP contribution in [-0.2, 0) is 24.3 Å². The molecular formula is C16H22N2O5S. The molecule has 1 aromatic rings. The van der Waals surface area contributed by atoms with Gasteiger partial charge in [0, 0.05) is 12.2 Å². The predicted octanol–water partition coefficient (Wildman–Crippen LogP) is 1.67. The molecule has 1 fully saturated rings. The Morgan fingerprint density at radius 1 is 1.33 bits per heavy atom. The second kappa shape index (κ2) is 7.21. The molecule has 1 aromatic carbocycles. The van der Waals surface area contributed by atoms with Crippen LogP contribution in [0, 0.1) is 12.8 Å². The first-order valence-electron chi connectivity index (χ1n) is 7.78. The Kier molecular flexibility index (Phi) is 5.48. The molecule has 0 atom stereocenters. The predicted molar refractivity (Wildman–Crippen MR) is 91.4 cm³/mol. The van der Waals surface area contributed by atoms with Crippen LogP contribution in [0.1, 0.15) is 25.8 Å². The van der Waals surface area contributed by atoms with Crippen molar-refractivity contribution in [2.45, 2.75) is 27.2 Å². The van der Waals surface area contributed by atoms with E-state index in [-0.39, 0.29) is 18.3 Å². The summed E-state index contributed by atoms with van der Waals surface area (Å²) in [6.45, 7) is 5.24. The SMILES string of the molecule is Cc1ccc(N2CCCS2(=O)=O)cc1NC(=O)COC(=O)C(C)C. The van der Waals surface area contributed by atoms with Crippen molar-refractivity contribution in [1.29, 1.82) is 0 Å². The minimum absolute atomic E-state index is 0.133. The van der Waals surface area contributed by atoms with E-state index >= 15 is 0 Å². The van der Waals surface area contributed by atoms with Gasteiger partial charge in [0.1, 0.15) is 0 Å². The van der Waals surface area contributed by atoms with E-state index < -0.39 is 21.9 Å². The highest BCUT2D eigenvalue weighted by molar-refractivity contribution is 7.93. The average Bonchev–Trinajstić information content (AvgIpc) is 2.86. The standard InChI is InChI=1S/C16H22N2O5S/c1-11(2)16(20)23-10-15(19)17-14-9-13(6-5-12(14)3)18-7-4-8-24(18,21)22/h5-6,9,11H,4,7-8,10H2,1-3H3,(H,17,19). The van der Waals surface area contributed by atoms with Crippen molar-refractivity contribution in [3.63, 3.8) is 0 Å². The fourth-order valence-electron chi connectivity index (χ4n) is 2.32. The molecule has 0 unspecified atom stereocenters. The normalized spacial score (nSPS) is 16.2. The van der Waals surface area contributed by atoms with Gasteiger partial charge >= 0.3 is 5.97 Å². The van der Waals surface area contributed by atoms with Crippen LogP contribution < -0.4 is 9.62 Å². The second-order valence-corrected chi connectivity index (χ2v) is 8.06. The van der Waals surface area contributed by atoms with Gasteiger partial charge in [-0.1, -0.05) is 19.9 Å². The average molecular weight is 354 g/mol. The molecule has 0 aliphatic carbocycles. The molecule has 1 aliphatic heterocycles. The minimum atomic E-state index is -3.28. The highest BCUT2D eigenvalue weighted by atomic mass is 32.2. The van der Waals surface area contributed by atoms with E-state index in [4.69, 9.17) is 4.74 Å². The first-order valence-corrected chi connectivity index (χ1v) is 9.39. The lowest BCUT2D eigenvalue weighted by Crippen LogP contribution is -2.26. The van der Waals surface area contributed by atoms with Crippen LogP contribution in [0.25, 0.3) is 0 Å². The lowest BCUT2D eigenvalue weighted by molar-refractivity contribution is -0.150. The first-order chi connectivity index (χ1) is 11.2. The largest absolute Gasteiger partial charge is 0.455 e. The number of hydrogen-bond acceptors (Lipinski definition) is 5. The van der Waals surface area contributed by atoms with E-state index in [1.807, 2.05) is 0 Å². The summed E-state index contributed by atoms with van der Waals surface area (Å²) in [5.74, 6) is -1.08. The van der Waals surface area contributed by atoms with Gasteiger partial charge in [0.2, 0.25) is 10.0 Å². The molecule has 1 amide bonds. The van der Waals surface area contributed by atoms with Crippen molar-refractivity contribution >= 4 is 33.3 Å². The van der Waals surface area contributed by atoms with Crippen molar-refractivity contribution < 1.29 is 22.7 Å². The van der Waals surface area contributed by atoms with Crippen LogP contribution in [0.2, 0.25) is 0 Å². The number of carbonyl (C=O) groups is 2. The van der Waals surface area contributed by atoms with Crippen LogP contribution >= 0.6 is 0 Å². The van der Waals surface area contributed by atoms with Crippen molar-refractivity contribution in [2.75, 3.05) is 28.5 Å². The third-order valence-electron chi connectivity index (χ3n) is 3.70. The number of nitrogens with zero attached hydrogens (tertiary/aromatic N) is 1. The fraction of sp³-hybridized carbons (Fsp3) is 0.500. The Morgan fingerprint density at radius 3 is 2.62 bits per heavy atom. The minimum Gasteiger partial charge on any atom is -0.455 e. The van der Waals surface area contributed by atoms with Crippen molar-refractivity contribution in [2.24, 2.45) is 5.92 Å². The van der Waals surface area contributed by atoms with E-state index in [1.165, 1.54) is 4.31 Å². The number of rotatable bonds is 5. The molecule has 0 aromatic heterocycles. The number of sulfonamides is 1. The highest BCUT2D eigenvalue weighted by Gasteiger charge is 2.28. The van der Waals surface area contributed by atoms with Crippen LogP contribution in [0.4, 0.5) is 11.4 Å². The Balaban J connectivity index is 2.09. The zero-order valence-corrected chi connectivity index (χ0v) is 14.9. The van der Waals surface area contributed by atoms with Gasteiger partial charge in [0.05, 0.1) is 17.4 Å². The molecule has 1 N–H and O–H groups in total. The summed E-state index contributed by atoms with van der Waals surface area (Å²) in [4.78, 5) is 23.3. The van der Waals surface area contributed by atoms with E-state index in [0.29, 0.717) is 24.3 Å². The zero-order valence-electron chi connectivity index (χ0n) is 14.0. The lowest BCUT2D eigenvalue weighted by Gasteiger charge is -2.19. The molecule has 1 aliphatic rings. The van der Waals surface area contributed by atoms with E-state index in [9.17, 15) is 18.0 Å². The number of esters is 1. The number of carbonyl (C=O) groups excluding carboxylic acids is 2.